The van der Waals surface area contributed by atoms with Crippen molar-refractivity contribution in [2.45, 2.75) is 25.8 Å². The molecule has 1 N–H and O–H groups in total. The molecule has 0 aliphatic carbocycles. The summed E-state index contributed by atoms with van der Waals surface area (Å²) in [6.07, 6.45) is 6.81. The van der Waals surface area contributed by atoms with Crippen molar-refractivity contribution in [2.75, 3.05) is 29.9 Å². The van der Waals surface area contributed by atoms with Crippen LogP contribution < -0.4 is 20.5 Å². The van der Waals surface area contributed by atoms with E-state index < -0.39 is 0 Å². The van der Waals surface area contributed by atoms with Gasteiger partial charge >= 0.3 is 0 Å². The average Bonchev–Trinajstić information content (AvgIpc) is 2.58. The van der Waals surface area contributed by atoms with Crippen LogP contribution in [0.1, 0.15) is 19.8 Å². The zero-order valence-electron chi connectivity index (χ0n) is 14.0. The summed E-state index contributed by atoms with van der Waals surface area (Å²) in [6.45, 7) is 4.02. The largest absolute Gasteiger partial charge is 0.478 e. The molecule has 0 saturated carbocycles. The van der Waals surface area contributed by atoms with E-state index in [0.717, 1.165) is 25.2 Å². The number of rotatable bonds is 5. The third-order valence-corrected chi connectivity index (χ3v) is 4.01. The van der Waals surface area contributed by atoms with E-state index >= 15 is 0 Å². The number of ether oxygens (including phenoxy) is 1. The standard InChI is InChI=1S/C16H22N6O2/c1-3-24-14-9-13(18-11-19-14)20-12-5-4-7-22(10-12)15-16(23)21(2)8-6-17-15/h6,8-9,11-12H,3-5,7,10H2,1-2H3,(H,18,19,20)/t12-/m0/s1. The lowest BCUT2D eigenvalue weighted by molar-refractivity contribution is 0.326. The van der Waals surface area contributed by atoms with E-state index in [0.29, 0.717) is 24.8 Å². The zero-order valence-corrected chi connectivity index (χ0v) is 14.0. The maximum absolute atomic E-state index is 12.3. The van der Waals surface area contributed by atoms with Gasteiger partial charge in [-0.25, -0.2) is 15.0 Å². The second kappa shape index (κ2) is 7.29. The maximum atomic E-state index is 12.3. The first-order valence-corrected chi connectivity index (χ1v) is 8.15. The van der Waals surface area contributed by atoms with Crippen LogP contribution in [0.25, 0.3) is 0 Å². The normalized spacial score (nSPS) is 17.6. The fourth-order valence-corrected chi connectivity index (χ4v) is 2.84. The molecule has 0 spiro atoms. The fourth-order valence-electron chi connectivity index (χ4n) is 2.84. The van der Waals surface area contributed by atoms with Crippen molar-refractivity contribution >= 4 is 11.6 Å². The summed E-state index contributed by atoms with van der Waals surface area (Å²) < 4.78 is 6.95. The van der Waals surface area contributed by atoms with Crippen molar-refractivity contribution in [2.24, 2.45) is 7.05 Å². The molecule has 1 aliphatic rings. The number of anilines is 2. The Hall–Kier alpha value is -2.64. The highest BCUT2D eigenvalue weighted by atomic mass is 16.5. The molecule has 0 radical (unpaired) electrons. The van der Waals surface area contributed by atoms with Crippen LogP contribution in [-0.2, 0) is 7.05 Å². The molecule has 0 amide bonds. The Balaban J connectivity index is 1.71. The van der Waals surface area contributed by atoms with Gasteiger partial charge in [0.2, 0.25) is 5.88 Å². The summed E-state index contributed by atoms with van der Waals surface area (Å²) in [5.41, 5.74) is -0.0705. The second-order valence-corrected chi connectivity index (χ2v) is 5.77. The van der Waals surface area contributed by atoms with Gasteiger partial charge in [0, 0.05) is 44.6 Å². The van der Waals surface area contributed by atoms with Gasteiger partial charge in [-0.05, 0) is 19.8 Å². The van der Waals surface area contributed by atoms with Crippen LogP contribution in [0.15, 0.2) is 29.6 Å². The van der Waals surface area contributed by atoms with E-state index in [2.05, 4.69) is 20.3 Å². The third kappa shape index (κ3) is 3.64. The van der Waals surface area contributed by atoms with Gasteiger partial charge in [-0.3, -0.25) is 4.79 Å². The number of hydrogen-bond acceptors (Lipinski definition) is 7. The Bertz CT molecular complexity index is 747. The van der Waals surface area contributed by atoms with Gasteiger partial charge in [0.1, 0.15) is 12.1 Å². The summed E-state index contributed by atoms with van der Waals surface area (Å²) in [7, 11) is 1.74. The number of piperidine rings is 1. The molecule has 3 heterocycles. The lowest BCUT2D eigenvalue weighted by atomic mass is 10.1. The van der Waals surface area contributed by atoms with E-state index in [-0.39, 0.29) is 11.6 Å². The van der Waals surface area contributed by atoms with Crippen LogP contribution in [0.2, 0.25) is 0 Å². The minimum absolute atomic E-state index is 0.0705. The first-order valence-electron chi connectivity index (χ1n) is 8.15. The molecule has 1 atom stereocenters. The van der Waals surface area contributed by atoms with Crippen LogP contribution in [-0.4, -0.2) is 45.3 Å². The zero-order chi connectivity index (χ0) is 16.9. The van der Waals surface area contributed by atoms with Gasteiger partial charge in [-0.2, -0.15) is 0 Å². The summed E-state index contributed by atoms with van der Waals surface area (Å²) >= 11 is 0. The predicted molar refractivity (Wildman–Crippen MR) is 91.5 cm³/mol. The Morgan fingerprint density at radius 2 is 2.25 bits per heavy atom. The molecule has 0 aromatic carbocycles. The molecule has 128 valence electrons. The van der Waals surface area contributed by atoms with Gasteiger partial charge < -0.3 is 19.5 Å². The lowest BCUT2D eigenvalue weighted by Gasteiger charge is -2.33. The van der Waals surface area contributed by atoms with Crippen molar-refractivity contribution in [3.8, 4) is 5.88 Å². The van der Waals surface area contributed by atoms with Crippen LogP contribution >= 0.6 is 0 Å². The molecule has 1 saturated heterocycles. The van der Waals surface area contributed by atoms with E-state index in [1.165, 1.54) is 6.33 Å². The van der Waals surface area contributed by atoms with Crippen LogP contribution in [0.5, 0.6) is 5.88 Å². The molecule has 0 unspecified atom stereocenters. The van der Waals surface area contributed by atoms with Crippen molar-refractivity contribution in [3.63, 3.8) is 0 Å². The van der Waals surface area contributed by atoms with E-state index in [1.54, 1.807) is 30.1 Å². The predicted octanol–water partition coefficient (Wildman–Crippen LogP) is 1.05. The number of nitrogens with zero attached hydrogens (tertiary/aromatic N) is 5. The summed E-state index contributed by atoms with van der Waals surface area (Å²) in [4.78, 5) is 26.9. The Kier molecular flexibility index (Phi) is 4.93. The second-order valence-electron chi connectivity index (χ2n) is 5.77. The molecule has 24 heavy (non-hydrogen) atoms. The van der Waals surface area contributed by atoms with Crippen molar-refractivity contribution in [1.29, 1.82) is 0 Å². The van der Waals surface area contributed by atoms with Crippen molar-refractivity contribution in [1.82, 2.24) is 19.5 Å². The fraction of sp³-hybridized carbons (Fsp3) is 0.500. The molecule has 8 nitrogen and oxygen atoms in total. The number of hydrogen-bond donors (Lipinski definition) is 1. The summed E-state index contributed by atoms with van der Waals surface area (Å²) in [5, 5.41) is 3.40. The average molecular weight is 330 g/mol. The molecule has 2 aromatic rings. The molecule has 8 heteroatoms. The third-order valence-electron chi connectivity index (χ3n) is 4.01. The van der Waals surface area contributed by atoms with E-state index in [1.807, 2.05) is 11.8 Å². The highest BCUT2D eigenvalue weighted by molar-refractivity contribution is 5.41. The lowest BCUT2D eigenvalue weighted by Crippen LogP contribution is -2.45. The quantitative estimate of drug-likeness (QED) is 0.877. The molecular formula is C16H22N6O2. The molecule has 0 bridgehead atoms. The smallest absolute Gasteiger partial charge is 0.293 e. The minimum Gasteiger partial charge on any atom is -0.478 e. The number of aryl methyl sites for hydroxylation is 1. The molecule has 1 aliphatic heterocycles. The summed E-state index contributed by atoms with van der Waals surface area (Å²) in [5.74, 6) is 1.79. The molecule has 3 rings (SSSR count). The topological polar surface area (TPSA) is 85.2 Å². The van der Waals surface area contributed by atoms with Gasteiger partial charge in [0.05, 0.1) is 6.61 Å². The Labute approximate surface area is 140 Å². The molecular weight excluding hydrogens is 308 g/mol. The van der Waals surface area contributed by atoms with Crippen molar-refractivity contribution < 1.29 is 4.74 Å². The van der Waals surface area contributed by atoms with E-state index in [4.69, 9.17) is 4.74 Å². The molecule has 2 aromatic heterocycles. The van der Waals surface area contributed by atoms with Crippen LogP contribution in [0, 0.1) is 0 Å². The minimum atomic E-state index is -0.0705. The van der Waals surface area contributed by atoms with Crippen LogP contribution in [0.4, 0.5) is 11.6 Å². The highest BCUT2D eigenvalue weighted by Gasteiger charge is 2.23. The van der Waals surface area contributed by atoms with Crippen LogP contribution in [0.3, 0.4) is 0 Å². The Morgan fingerprint density at radius 3 is 3.08 bits per heavy atom. The van der Waals surface area contributed by atoms with Gasteiger partial charge in [-0.1, -0.05) is 0 Å². The number of nitrogens with one attached hydrogen (secondary N) is 1. The first-order chi connectivity index (χ1) is 11.7. The van der Waals surface area contributed by atoms with Crippen molar-refractivity contribution in [3.05, 3.63) is 35.1 Å². The Morgan fingerprint density at radius 1 is 1.38 bits per heavy atom. The van der Waals surface area contributed by atoms with E-state index in [9.17, 15) is 4.79 Å². The first kappa shape index (κ1) is 16.2. The van der Waals surface area contributed by atoms with Gasteiger partial charge in [0.15, 0.2) is 5.82 Å². The maximum Gasteiger partial charge on any atom is 0.293 e. The molecule has 1 fully saturated rings. The van der Waals surface area contributed by atoms with Gasteiger partial charge in [0.25, 0.3) is 5.56 Å². The monoisotopic (exact) mass is 330 g/mol. The van der Waals surface area contributed by atoms with Gasteiger partial charge in [-0.15, -0.1) is 0 Å². The SMILES string of the molecule is CCOc1cc(N[C@H]2CCCN(c3nccn(C)c3=O)C2)ncn1. The number of aromatic nitrogens is 4. The highest BCUT2D eigenvalue weighted by Crippen LogP contribution is 2.19. The summed E-state index contributed by atoms with van der Waals surface area (Å²) in [6, 6.07) is 1.98.